The van der Waals surface area contributed by atoms with E-state index in [9.17, 15) is 9.59 Å². The van der Waals surface area contributed by atoms with Gasteiger partial charge in [0.25, 0.3) is 0 Å². The van der Waals surface area contributed by atoms with Crippen LogP contribution < -0.4 is 5.32 Å². The minimum atomic E-state index is -0.102. The average Bonchev–Trinajstić information content (AvgIpc) is 3.26. The molecule has 1 N–H and O–H groups in total. The van der Waals surface area contributed by atoms with Gasteiger partial charge in [0.05, 0.1) is 17.6 Å². The van der Waals surface area contributed by atoms with Crippen molar-refractivity contribution in [1.29, 1.82) is 0 Å². The number of benzene rings is 1. The molecule has 0 saturated carbocycles. The third-order valence-electron chi connectivity index (χ3n) is 5.18. The summed E-state index contributed by atoms with van der Waals surface area (Å²) < 4.78 is 1.57. The number of aromatic nitrogens is 3. The number of piperazine rings is 1. The molecule has 0 bridgehead atoms. The van der Waals surface area contributed by atoms with Crippen LogP contribution in [0.1, 0.15) is 5.56 Å². The fraction of sp³-hybridized carbons (Fsp3) is 0.304. The molecule has 166 valence electrons. The van der Waals surface area contributed by atoms with E-state index in [1.54, 1.807) is 23.3 Å². The molecule has 1 aliphatic heterocycles. The second-order valence-electron chi connectivity index (χ2n) is 7.59. The standard InChI is InChI=1S/C23H26N6O2S/c30-22(18-32-21-6-2-1-3-7-21)26-20-14-25-29(16-20)17-23(31)28-11-9-27(10-12-28)15-19-5-4-8-24-13-19/h1-8,13-14,16H,9-12,15,17-18H2,(H,26,30). The SMILES string of the molecule is O=C(CSc1ccccc1)Nc1cnn(CC(=O)N2CCN(Cc3cccnc3)CC2)c1. The number of amides is 2. The van der Waals surface area contributed by atoms with Crippen LogP contribution in [-0.2, 0) is 22.7 Å². The van der Waals surface area contributed by atoms with Crippen molar-refractivity contribution in [2.75, 3.05) is 37.2 Å². The van der Waals surface area contributed by atoms with Crippen molar-refractivity contribution in [3.8, 4) is 0 Å². The number of hydrogen-bond acceptors (Lipinski definition) is 6. The molecule has 0 atom stereocenters. The first kappa shape index (κ1) is 22.0. The number of nitrogens with one attached hydrogen (secondary N) is 1. The van der Waals surface area contributed by atoms with Gasteiger partial charge in [-0.1, -0.05) is 24.3 Å². The zero-order valence-corrected chi connectivity index (χ0v) is 18.6. The van der Waals surface area contributed by atoms with Crippen LogP contribution in [0.2, 0.25) is 0 Å². The van der Waals surface area contributed by atoms with Gasteiger partial charge in [0.1, 0.15) is 6.54 Å². The summed E-state index contributed by atoms with van der Waals surface area (Å²) in [4.78, 5) is 34.2. The van der Waals surface area contributed by atoms with E-state index in [2.05, 4.69) is 26.4 Å². The van der Waals surface area contributed by atoms with Gasteiger partial charge < -0.3 is 10.2 Å². The van der Waals surface area contributed by atoms with Crippen molar-refractivity contribution < 1.29 is 9.59 Å². The van der Waals surface area contributed by atoms with E-state index in [0.717, 1.165) is 24.5 Å². The van der Waals surface area contributed by atoms with E-state index in [1.165, 1.54) is 17.3 Å². The zero-order chi connectivity index (χ0) is 22.2. The van der Waals surface area contributed by atoms with E-state index in [-0.39, 0.29) is 18.4 Å². The molecular weight excluding hydrogens is 424 g/mol. The number of thioether (sulfide) groups is 1. The summed E-state index contributed by atoms with van der Waals surface area (Å²) in [5, 5.41) is 7.06. The maximum absolute atomic E-state index is 12.7. The van der Waals surface area contributed by atoms with Crippen LogP contribution >= 0.6 is 11.8 Å². The Kier molecular flexibility index (Phi) is 7.52. The Bertz CT molecular complexity index is 1020. The van der Waals surface area contributed by atoms with Crippen molar-refractivity contribution in [2.45, 2.75) is 18.0 Å². The molecule has 9 heteroatoms. The number of hydrogen-bond donors (Lipinski definition) is 1. The van der Waals surface area contributed by atoms with Gasteiger partial charge in [0, 0.05) is 56.2 Å². The Morgan fingerprint density at radius 3 is 2.56 bits per heavy atom. The highest BCUT2D eigenvalue weighted by molar-refractivity contribution is 8.00. The molecule has 1 saturated heterocycles. The Morgan fingerprint density at radius 1 is 1.00 bits per heavy atom. The van der Waals surface area contributed by atoms with Crippen LogP contribution in [0, 0.1) is 0 Å². The Hall–Kier alpha value is -3.17. The van der Waals surface area contributed by atoms with Crippen LogP contribution in [-0.4, -0.2) is 68.3 Å². The summed E-state index contributed by atoms with van der Waals surface area (Å²) in [6, 6.07) is 13.8. The lowest BCUT2D eigenvalue weighted by atomic mass is 10.2. The van der Waals surface area contributed by atoms with Crippen LogP contribution in [0.3, 0.4) is 0 Å². The Morgan fingerprint density at radius 2 is 1.81 bits per heavy atom. The monoisotopic (exact) mass is 450 g/mol. The summed E-state index contributed by atoms with van der Waals surface area (Å²) in [7, 11) is 0. The average molecular weight is 451 g/mol. The van der Waals surface area contributed by atoms with E-state index in [4.69, 9.17) is 0 Å². The lowest BCUT2D eigenvalue weighted by Gasteiger charge is -2.34. The molecule has 3 heterocycles. The number of carbonyl (C=O) groups is 2. The Balaban J connectivity index is 1.19. The number of rotatable bonds is 8. The second kappa shape index (κ2) is 10.9. The molecule has 0 unspecified atom stereocenters. The molecule has 32 heavy (non-hydrogen) atoms. The van der Waals surface area contributed by atoms with E-state index < -0.39 is 0 Å². The van der Waals surface area contributed by atoms with Crippen LogP contribution in [0.15, 0.2) is 72.1 Å². The zero-order valence-electron chi connectivity index (χ0n) is 17.8. The fourth-order valence-electron chi connectivity index (χ4n) is 3.52. The van der Waals surface area contributed by atoms with E-state index in [0.29, 0.717) is 24.5 Å². The molecule has 0 spiro atoms. The molecule has 8 nitrogen and oxygen atoms in total. The third-order valence-corrected chi connectivity index (χ3v) is 6.19. The molecular formula is C23H26N6O2S. The smallest absolute Gasteiger partial charge is 0.244 e. The third kappa shape index (κ3) is 6.41. The normalized spacial score (nSPS) is 14.3. The summed E-state index contributed by atoms with van der Waals surface area (Å²) in [6.07, 6.45) is 6.92. The lowest BCUT2D eigenvalue weighted by Crippen LogP contribution is -2.49. The predicted molar refractivity (Wildman–Crippen MR) is 124 cm³/mol. The highest BCUT2D eigenvalue weighted by atomic mass is 32.2. The molecule has 1 aliphatic rings. The fourth-order valence-corrected chi connectivity index (χ4v) is 4.24. The van der Waals surface area contributed by atoms with Crippen LogP contribution in [0.25, 0.3) is 0 Å². The topological polar surface area (TPSA) is 83.4 Å². The van der Waals surface area contributed by atoms with Gasteiger partial charge in [-0.05, 0) is 23.8 Å². The maximum atomic E-state index is 12.7. The minimum absolute atomic E-state index is 0.0339. The molecule has 2 amide bonds. The first-order chi connectivity index (χ1) is 15.7. The number of anilines is 1. The first-order valence-corrected chi connectivity index (χ1v) is 11.5. The molecule has 1 aromatic carbocycles. The molecule has 1 fully saturated rings. The van der Waals surface area contributed by atoms with E-state index >= 15 is 0 Å². The number of pyridine rings is 1. The highest BCUT2D eigenvalue weighted by Crippen LogP contribution is 2.17. The molecule has 0 aliphatic carbocycles. The molecule has 0 radical (unpaired) electrons. The maximum Gasteiger partial charge on any atom is 0.244 e. The van der Waals surface area contributed by atoms with Gasteiger partial charge >= 0.3 is 0 Å². The molecule has 3 aromatic rings. The van der Waals surface area contributed by atoms with Gasteiger partial charge in [-0.25, -0.2) is 0 Å². The van der Waals surface area contributed by atoms with Crippen molar-refractivity contribution in [2.24, 2.45) is 0 Å². The second-order valence-corrected chi connectivity index (χ2v) is 8.64. The van der Waals surface area contributed by atoms with Gasteiger partial charge in [0.15, 0.2) is 0 Å². The summed E-state index contributed by atoms with van der Waals surface area (Å²) in [5.74, 6) is 0.248. The van der Waals surface area contributed by atoms with Crippen LogP contribution in [0.5, 0.6) is 0 Å². The van der Waals surface area contributed by atoms with Gasteiger partial charge in [-0.15, -0.1) is 11.8 Å². The van der Waals surface area contributed by atoms with Gasteiger partial charge in [-0.3, -0.25) is 24.2 Å². The number of nitrogens with zero attached hydrogens (tertiary/aromatic N) is 5. The Labute approximate surface area is 191 Å². The quantitative estimate of drug-likeness (QED) is 0.531. The van der Waals surface area contributed by atoms with Crippen molar-refractivity contribution in [1.82, 2.24) is 24.6 Å². The molecule has 4 rings (SSSR count). The van der Waals surface area contributed by atoms with Crippen molar-refractivity contribution in [3.05, 3.63) is 72.8 Å². The van der Waals surface area contributed by atoms with Crippen LogP contribution in [0.4, 0.5) is 5.69 Å². The first-order valence-electron chi connectivity index (χ1n) is 10.5. The van der Waals surface area contributed by atoms with Crippen molar-refractivity contribution >= 4 is 29.3 Å². The highest BCUT2D eigenvalue weighted by Gasteiger charge is 2.21. The summed E-state index contributed by atoms with van der Waals surface area (Å²) in [6.45, 7) is 4.07. The number of carbonyl (C=O) groups excluding carboxylic acids is 2. The van der Waals surface area contributed by atoms with Gasteiger partial charge in [-0.2, -0.15) is 5.10 Å². The minimum Gasteiger partial charge on any atom is -0.339 e. The molecule has 2 aromatic heterocycles. The van der Waals surface area contributed by atoms with Crippen molar-refractivity contribution in [3.63, 3.8) is 0 Å². The summed E-state index contributed by atoms with van der Waals surface area (Å²) in [5.41, 5.74) is 1.78. The predicted octanol–water partition coefficient (Wildman–Crippen LogP) is 2.35. The largest absolute Gasteiger partial charge is 0.339 e. The summed E-state index contributed by atoms with van der Waals surface area (Å²) >= 11 is 1.48. The lowest BCUT2D eigenvalue weighted by molar-refractivity contribution is -0.133. The van der Waals surface area contributed by atoms with Gasteiger partial charge in [0.2, 0.25) is 11.8 Å². The van der Waals surface area contributed by atoms with E-state index in [1.807, 2.05) is 47.5 Å².